The number of methoxy groups -OCH3 is 1. The Bertz CT molecular complexity index is 722. The molecule has 1 aromatic heterocycles. The third kappa shape index (κ3) is 2.42. The summed E-state index contributed by atoms with van der Waals surface area (Å²) in [5, 5.41) is 14.8. The zero-order chi connectivity index (χ0) is 14.0. The lowest BCUT2D eigenvalue weighted by Gasteiger charge is -2.04. The summed E-state index contributed by atoms with van der Waals surface area (Å²) in [7, 11) is -2.30. The van der Waals surface area contributed by atoms with E-state index < -0.39 is 14.9 Å². The summed E-state index contributed by atoms with van der Waals surface area (Å²) in [4.78, 5) is 10.3. The van der Waals surface area contributed by atoms with Crippen molar-refractivity contribution in [2.24, 2.45) is 0 Å². The van der Waals surface area contributed by atoms with Gasteiger partial charge in [0.2, 0.25) is 0 Å². The quantitative estimate of drug-likeness (QED) is 0.593. The molecule has 1 heterocycles. The van der Waals surface area contributed by atoms with Crippen molar-refractivity contribution in [3.05, 3.63) is 34.5 Å². The Morgan fingerprint density at radius 3 is 2.84 bits per heavy atom. The van der Waals surface area contributed by atoms with E-state index in [2.05, 4.69) is 5.10 Å². The Morgan fingerprint density at radius 1 is 1.47 bits per heavy atom. The van der Waals surface area contributed by atoms with Crippen LogP contribution in [-0.4, -0.2) is 42.0 Å². The number of aromatic nitrogens is 2. The molecule has 102 valence electrons. The SMILES string of the molecule is COCCS(=O)(=O)n1ncc2c([N+](=O)[O-])cccc21. The number of hydrogen-bond acceptors (Lipinski definition) is 6. The van der Waals surface area contributed by atoms with Crippen molar-refractivity contribution in [3.8, 4) is 0 Å². The molecule has 9 heteroatoms. The van der Waals surface area contributed by atoms with Gasteiger partial charge in [0.1, 0.15) is 0 Å². The summed E-state index contributed by atoms with van der Waals surface area (Å²) in [6.45, 7) is 0.0264. The molecule has 0 saturated heterocycles. The first-order valence-corrected chi connectivity index (χ1v) is 6.91. The van der Waals surface area contributed by atoms with Gasteiger partial charge < -0.3 is 4.74 Å². The van der Waals surface area contributed by atoms with E-state index in [0.717, 1.165) is 4.09 Å². The van der Waals surface area contributed by atoms with Crippen LogP contribution in [0.3, 0.4) is 0 Å². The number of fused-ring (bicyclic) bond motifs is 1. The van der Waals surface area contributed by atoms with Crippen LogP contribution in [0, 0.1) is 10.1 Å². The van der Waals surface area contributed by atoms with Crippen LogP contribution in [0.2, 0.25) is 0 Å². The summed E-state index contributed by atoms with van der Waals surface area (Å²) in [6, 6.07) is 4.19. The number of benzene rings is 1. The van der Waals surface area contributed by atoms with Crippen molar-refractivity contribution < 1.29 is 18.1 Å². The smallest absolute Gasteiger partial charge is 0.280 e. The van der Waals surface area contributed by atoms with E-state index in [-0.39, 0.29) is 29.0 Å². The molecule has 1 aromatic carbocycles. The minimum absolute atomic E-state index is 0.0264. The van der Waals surface area contributed by atoms with Gasteiger partial charge in [-0.05, 0) is 6.07 Å². The molecule has 0 aliphatic rings. The minimum atomic E-state index is -3.69. The van der Waals surface area contributed by atoms with Crippen LogP contribution in [0.1, 0.15) is 0 Å². The lowest BCUT2D eigenvalue weighted by atomic mass is 10.2. The Balaban J connectivity index is 2.58. The van der Waals surface area contributed by atoms with E-state index in [1.807, 2.05) is 0 Å². The van der Waals surface area contributed by atoms with Gasteiger partial charge in [0.15, 0.2) is 0 Å². The molecular formula is C10H11N3O5S. The Kier molecular flexibility index (Phi) is 3.49. The standard InChI is InChI=1S/C10H11N3O5S/c1-18-5-6-19(16,17)12-9-3-2-4-10(13(14)15)8(9)7-11-12/h2-4,7H,5-6H2,1H3. The van der Waals surface area contributed by atoms with E-state index >= 15 is 0 Å². The van der Waals surface area contributed by atoms with Crippen molar-refractivity contribution in [1.29, 1.82) is 0 Å². The minimum Gasteiger partial charge on any atom is -0.384 e. The van der Waals surface area contributed by atoms with Crippen LogP contribution in [0.4, 0.5) is 5.69 Å². The fourth-order valence-corrected chi connectivity index (χ4v) is 2.87. The average molecular weight is 285 g/mol. The number of rotatable bonds is 5. The maximum Gasteiger partial charge on any atom is 0.280 e. The molecule has 0 radical (unpaired) electrons. The Morgan fingerprint density at radius 2 is 2.21 bits per heavy atom. The van der Waals surface area contributed by atoms with Crippen LogP contribution >= 0.6 is 0 Å². The van der Waals surface area contributed by atoms with Gasteiger partial charge in [0.05, 0.1) is 34.4 Å². The fourth-order valence-electron chi connectivity index (χ4n) is 1.67. The molecule has 0 atom stereocenters. The summed E-state index contributed by atoms with van der Waals surface area (Å²) >= 11 is 0. The second kappa shape index (κ2) is 4.94. The molecule has 0 N–H and O–H groups in total. The first-order valence-electron chi connectivity index (χ1n) is 5.30. The van der Waals surface area contributed by atoms with Crippen LogP contribution in [0.15, 0.2) is 24.4 Å². The molecule has 0 unspecified atom stereocenters. The lowest BCUT2D eigenvalue weighted by molar-refractivity contribution is -0.383. The highest BCUT2D eigenvalue weighted by molar-refractivity contribution is 7.90. The number of nitro groups is 1. The van der Waals surface area contributed by atoms with Crippen LogP contribution in [0.25, 0.3) is 10.9 Å². The summed E-state index contributed by atoms with van der Waals surface area (Å²) in [6.07, 6.45) is 1.18. The molecule has 0 aliphatic carbocycles. The molecule has 2 aromatic rings. The van der Waals surface area contributed by atoms with Crippen LogP contribution in [0.5, 0.6) is 0 Å². The summed E-state index contributed by atoms with van der Waals surface area (Å²) in [5.74, 6) is -0.247. The highest BCUT2D eigenvalue weighted by Crippen LogP contribution is 2.25. The number of hydrogen-bond donors (Lipinski definition) is 0. The van der Waals surface area contributed by atoms with Crippen molar-refractivity contribution in [3.63, 3.8) is 0 Å². The molecular weight excluding hydrogens is 274 g/mol. The van der Waals surface area contributed by atoms with Gasteiger partial charge in [-0.2, -0.15) is 9.19 Å². The average Bonchev–Trinajstić information content (AvgIpc) is 2.80. The molecule has 0 fully saturated rings. The molecule has 0 amide bonds. The van der Waals surface area contributed by atoms with Crippen molar-refractivity contribution in [2.45, 2.75) is 0 Å². The lowest BCUT2D eigenvalue weighted by Crippen LogP contribution is -2.20. The number of non-ortho nitro benzene ring substituents is 1. The second-order valence-corrected chi connectivity index (χ2v) is 5.68. The molecule has 8 nitrogen and oxygen atoms in total. The second-order valence-electron chi connectivity index (χ2n) is 3.76. The van der Waals surface area contributed by atoms with Gasteiger partial charge in [-0.15, -0.1) is 0 Å². The zero-order valence-electron chi connectivity index (χ0n) is 10.0. The third-order valence-corrected chi connectivity index (χ3v) is 4.06. The van der Waals surface area contributed by atoms with E-state index in [9.17, 15) is 18.5 Å². The molecule has 19 heavy (non-hydrogen) atoms. The van der Waals surface area contributed by atoms with E-state index in [4.69, 9.17) is 4.74 Å². The molecule has 0 spiro atoms. The monoisotopic (exact) mass is 285 g/mol. The largest absolute Gasteiger partial charge is 0.384 e. The highest BCUT2D eigenvalue weighted by Gasteiger charge is 2.21. The topological polar surface area (TPSA) is 104 Å². The highest BCUT2D eigenvalue weighted by atomic mass is 32.2. The van der Waals surface area contributed by atoms with Crippen molar-refractivity contribution >= 4 is 26.6 Å². The molecule has 0 bridgehead atoms. The maximum atomic E-state index is 12.0. The first kappa shape index (κ1) is 13.4. The van der Waals surface area contributed by atoms with Gasteiger partial charge in [-0.25, -0.2) is 8.42 Å². The predicted octanol–water partition coefficient (Wildman–Crippen LogP) is 0.769. The fraction of sp³-hybridized carbons (Fsp3) is 0.300. The van der Waals surface area contributed by atoms with Crippen LogP contribution in [-0.2, 0) is 14.8 Å². The van der Waals surface area contributed by atoms with Gasteiger partial charge in [-0.1, -0.05) is 6.07 Å². The van der Waals surface area contributed by atoms with Gasteiger partial charge in [-0.3, -0.25) is 10.1 Å². The molecule has 0 saturated carbocycles. The molecule has 0 aliphatic heterocycles. The van der Waals surface area contributed by atoms with Gasteiger partial charge in [0, 0.05) is 13.2 Å². The van der Waals surface area contributed by atoms with Crippen molar-refractivity contribution in [2.75, 3.05) is 19.5 Å². The third-order valence-electron chi connectivity index (χ3n) is 2.56. The van der Waals surface area contributed by atoms with E-state index in [0.29, 0.717) is 0 Å². The van der Waals surface area contributed by atoms with E-state index in [1.54, 1.807) is 0 Å². The predicted molar refractivity (Wildman–Crippen MR) is 67.4 cm³/mol. The normalized spacial score (nSPS) is 11.8. The van der Waals surface area contributed by atoms with Gasteiger partial charge >= 0.3 is 0 Å². The van der Waals surface area contributed by atoms with Crippen molar-refractivity contribution in [1.82, 2.24) is 9.19 Å². The van der Waals surface area contributed by atoms with Crippen LogP contribution < -0.4 is 0 Å². The van der Waals surface area contributed by atoms with E-state index in [1.165, 1.54) is 31.5 Å². The maximum absolute atomic E-state index is 12.0. The Labute approximate surface area is 108 Å². The zero-order valence-corrected chi connectivity index (χ0v) is 10.8. The summed E-state index contributed by atoms with van der Waals surface area (Å²) < 4.78 is 29.5. The first-order chi connectivity index (χ1) is 8.97. The number of nitro benzene ring substituents is 1. The van der Waals surface area contributed by atoms with Gasteiger partial charge in [0.25, 0.3) is 15.7 Å². The number of nitrogens with zero attached hydrogens (tertiary/aromatic N) is 3. The summed E-state index contributed by atoms with van der Waals surface area (Å²) in [5.41, 5.74) is 0.0102. The molecule has 2 rings (SSSR count). The Hall–Kier alpha value is -2.00. The number of ether oxygens (including phenoxy) is 1.